The summed E-state index contributed by atoms with van der Waals surface area (Å²) < 4.78 is 1.82. The Morgan fingerprint density at radius 1 is 1.53 bits per heavy atom. The number of aliphatic hydroxyl groups is 1. The van der Waals surface area contributed by atoms with Gasteiger partial charge in [0.25, 0.3) is 0 Å². The van der Waals surface area contributed by atoms with E-state index in [1.165, 1.54) is 0 Å². The maximum atomic E-state index is 10.5. The molecule has 0 saturated heterocycles. The number of thioether (sulfide) groups is 1. The van der Waals surface area contributed by atoms with Crippen LogP contribution in [-0.4, -0.2) is 36.7 Å². The van der Waals surface area contributed by atoms with Crippen LogP contribution in [-0.2, 0) is 11.4 Å². The van der Waals surface area contributed by atoms with E-state index in [4.69, 9.17) is 5.11 Å². The highest BCUT2D eigenvalue weighted by molar-refractivity contribution is 7.99. The van der Waals surface area contributed by atoms with Gasteiger partial charge in [-0.15, -0.1) is 10.2 Å². The SMILES string of the molecule is CCCC(C)n1c(CO)nnc1SCC(=O)O. The normalized spacial score (nSPS) is 12.6. The van der Waals surface area contributed by atoms with E-state index in [0.29, 0.717) is 11.0 Å². The number of nitrogens with zero attached hydrogens (tertiary/aromatic N) is 3. The van der Waals surface area contributed by atoms with Gasteiger partial charge >= 0.3 is 5.97 Å². The molecule has 17 heavy (non-hydrogen) atoms. The lowest BCUT2D eigenvalue weighted by Gasteiger charge is -2.16. The fraction of sp³-hybridized carbons (Fsp3) is 0.700. The summed E-state index contributed by atoms with van der Waals surface area (Å²) in [6.07, 6.45) is 1.94. The van der Waals surface area contributed by atoms with Crippen LogP contribution < -0.4 is 0 Å². The Morgan fingerprint density at radius 2 is 2.24 bits per heavy atom. The van der Waals surface area contributed by atoms with Gasteiger partial charge in [-0.2, -0.15) is 0 Å². The first kappa shape index (κ1) is 14.0. The molecule has 1 aromatic rings. The van der Waals surface area contributed by atoms with Gasteiger partial charge in [0.1, 0.15) is 6.61 Å². The second kappa shape index (κ2) is 6.61. The minimum atomic E-state index is -0.891. The highest BCUT2D eigenvalue weighted by Gasteiger charge is 2.17. The van der Waals surface area contributed by atoms with E-state index in [-0.39, 0.29) is 18.4 Å². The van der Waals surface area contributed by atoms with E-state index in [0.717, 1.165) is 24.6 Å². The Bertz CT molecular complexity index is 381. The Hall–Kier alpha value is -1.08. The maximum absolute atomic E-state index is 10.5. The number of aliphatic hydroxyl groups excluding tert-OH is 1. The lowest BCUT2D eigenvalue weighted by atomic mass is 10.2. The third-order valence-electron chi connectivity index (χ3n) is 2.35. The van der Waals surface area contributed by atoms with Crippen molar-refractivity contribution in [2.45, 2.75) is 44.5 Å². The van der Waals surface area contributed by atoms with Gasteiger partial charge in [-0.25, -0.2) is 0 Å². The van der Waals surface area contributed by atoms with Gasteiger partial charge in [-0.05, 0) is 13.3 Å². The summed E-state index contributed by atoms with van der Waals surface area (Å²) in [7, 11) is 0. The van der Waals surface area contributed by atoms with Crippen LogP contribution in [0.5, 0.6) is 0 Å². The number of aliphatic carboxylic acids is 1. The summed E-state index contributed by atoms with van der Waals surface area (Å²) >= 11 is 1.12. The molecule has 0 fully saturated rings. The molecule has 1 rings (SSSR count). The fourth-order valence-corrected chi connectivity index (χ4v) is 2.41. The molecule has 0 amide bonds. The number of rotatable bonds is 7. The molecular formula is C10H17N3O3S. The van der Waals surface area contributed by atoms with Crippen LogP contribution in [0.4, 0.5) is 0 Å². The van der Waals surface area contributed by atoms with Crippen molar-refractivity contribution in [3.05, 3.63) is 5.82 Å². The zero-order valence-electron chi connectivity index (χ0n) is 9.96. The quantitative estimate of drug-likeness (QED) is 0.718. The van der Waals surface area contributed by atoms with Gasteiger partial charge in [-0.3, -0.25) is 4.79 Å². The summed E-state index contributed by atoms with van der Waals surface area (Å²) in [5, 5.41) is 26.2. The molecule has 1 unspecified atom stereocenters. The van der Waals surface area contributed by atoms with Crippen molar-refractivity contribution in [1.29, 1.82) is 0 Å². The van der Waals surface area contributed by atoms with Gasteiger partial charge in [0.05, 0.1) is 5.75 Å². The highest BCUT2D eigenvalue weighted by Crippen LogP contribution is 2.24. The lowest BCUT2D eigenvalue weighted by Crippen LogP contribution is -2.11. The summed E-state index contributed by atoms with van der Waals surface area (Å²) in [4.78, 5) is 10.5. The van der Waals surface area contributed by atoms with Gasteiger partial charge < -0.3 is 14.8 Å². The van der Waals surface area contributed by atoms with Crippen LogP contribution in [0.15, 0.2) is 5.16 Å². The first-order valence-corrected chi connectivity index (χ1v) is 6.47. The fourth-order valence-electron chi connectivity index (χ4n) is 1.63. The first-order valence-electron chi connectivity index (χ1n) is 5.49. The molecule has 0 radical (unpaired) electrons. The predicted octanol–water partition coefficient (Wildman–Crippen LogP) is 1.31. The number of carboxylic acid groups (broad SMARTS) is 1. The zero-order valence-corrected chi connectivity index (χ0v) is 10.8. The van der Waals surface area contributed by atoms with Gasteiger partial charge in [0, 0.05) is 6.04 Å². The molecule has 1 atom stereocenters. The minimum Gasteiger partial charge on any atom is -0.481 e. The van der Waals surface area contributed by atoms with E-state index < -0.39 is 5.97 Å². The van der Waals surface area contributed by atoms with Gasteiger partial charge in [0.15, 0.2) is 11.0 Å². The Balaban J connectivity index is 2.88. The van der Waals surface area contributed by atoms with Crippen molar-refractivity contribution in [3.8, 4) is 0 Å². The largest absolute Gasteiger partial charge is 0.481 e. The van der Waals surface area contributed by atoms with Gasteiger partial charge in [-0.1, -0.05) is 25.1 Å². The average molecular weight is 259 g/mol. The summed E-state index contributed by atoms with van der Waals surface area (Å²) in [5.74, 6) is -0.459. The van der Waals surface area contributed by atoms with Crippen molar-refractivity contribution < 1.29 is 15.0 Å². The molecule has 0 aromatic carbocycles. The van der Waals surface area contributed by atoms with Crippen molar-refractivity contribution in [2.24, 2.45) is 0 Å². The standard InChI is InChI=1S/C10H17N3O3S/c1-3-4-7(2)13-8(5-14)11-12-10(13)17-6-9(15)16/h7,14H,3-6H2,1-2H3,(H,15,16). The molecule has 96 valence electrons. The topological polar surface area (TPSA) is 88.2 Å². The third-order valence-corrected chi connectivity index (χ3v) is 3.28. The summed E-state index contributed by atoms with van der Waals surface area (Å²) in [5.41, 5.74) is 0. The van der Waals surface area contributed by atoms with Crippen LogP contribution in [0.1, 0.15) is 38.6 Å². The molecular weight excluding hydrogens is 242 g/mol. The van der Waals surface area contributed by atoms with Crippen LogP contribution in [0.2, 0.25) is 0 Å². The minimum absolute atomic E-state index is 0.0532. The number of carboxylic acids is 1. The second-order valence-electron chi connectivity index (χ2n) is 3.75. The number of hydrogen-bond donors (Lipinski definition) is 2. The lowest BCUT2D eigenvalue weighted by molar-refractivity contribution is -0.133. The van der Waals surface area contributed by atoms with Crippen LogP contribution in [0.25, 0.3) is 0 Å². The Labute approximate surface area is 104 Å². The Kier molecular flexibility index (Phi) is 5.43. The molecule has 7 heteroatoms. The number of hydrogen-bond acceptors (Lipinski definition) is 5. The molecule has 6 nitrogen and oxygen atoms in total. The number of aromatic nitrogens is 3. The van der Waals surface area contributed by atoms with Crippen LogP contribution in [0.3, 0.4) is 0 Å². The molecule has 1 aromatic heterocycles. The van der Waals surface area contributed by atoms with E-state index in [1.54, 1.807) is 0 Å². The Morgan fingerprint density at radius 3 is 2.76 bits per heavy atom. The molecule has 1 heterocycles. The van der Waals surface area contributed by atoms with E-state index in [2.05, 4.69) is 17.1 Å². The zero-order chi connectivity index (χ0) is 12.8. The van der Waals surface area contributed by atoms with E-state index in [1.807, 2.05) is 11.5 Å². The average Bonchev–Trinajstić information content (AvgIpc) is 2.69. The molecule has 0 aliphatic heterocycles. The first-order chi connectivity index (χ1) is 8.10. The van der Waals surface area contributed by atoms with Crippen molar-refractivity contribution in [1.82, 2.24) is 14.8 Å². The smallest absolute Gasteiger partial charge is 0.313 e. The van der Waals surface area contributed by atoms with Crippen molar-refractivity contribution >= 4 is 17.7 Å². The van der Waals surface area contributed by atoms with Gasteiger partial charge in [0.2, 0.25) is 0 Å². The predicted molar refractivity (Wildman–Crippen MR) is 63.9 cm³/mol. The number of carbonyl (C=O) groups is 1. The molecule has 0 saturated carbocycles. The monoisotopic (exact) mass is 259 g/mol. The van der Waals surface area contributed by atoms with Crippen molar-refractivity contribution in [2.75, 3.05) is 5.75 Å². The van der Waals surface area contributed by atoms with Crippen LogP contribution in [0, 0.1) is 0 Å². The van der Waals surface area contributed by atoms with E-state index >= 15 is 0 Å². The molecule has 0 spiro atoms. The molecule has 0 aliphatic carbocycles. The summed E-state index contributed by atoms with van der Waals surface area (Å²) in [6.45, 7) is 3.90. The summed E-state index contributed by atoms with van der Waals surface area (Å²) in [6, 6.07) is 0.161. The second-order valence-corrected chi connectivity index (χ2v) is 4.69. The molecule has 0 bridgehead atoms. The highest BCUT2D eigenvalue weighted by atomic mass is 32.2. The third kappa shape index (κ3) is 3.71. The molecule has 0 aliphatic rings. The van der Waals surface area contributed by atoms with Crippen molar-refractivity contribution in [3.63, 3.8) is 0 Å². The molecule has 2 N–H and O–H groups in total. The van der Waals surface area contributed by atoms with Crippen LogP contribution >= 0.6 is 11.8 Å². The van der Waals surface area contributed by atoms with E-state index in [9.17, 15) is 9.90 Å². The maximum Gasteiger partial charge on any atom is 0.313 e.